The number of nitrogens with two attached hydrogens (primary N) is 1. The van der Waals surface area contributed by atoms with Crippen molar-refractivity contribution in [1.29, 1.82) is 0 Å². The zero-order chi connectivity index (χ0) is 13.9. The van der Waals surface area contributed by atoms with Crippen molar-refractivity contribution in [3.8, 4) is 0 Å². The monoisotopic (exact) mass is 272 g/mol. The lowest BCUT2D eigenvalue weighted by Gasteiger charge is -2.30. The number of hydrogen-bond acceptors (Lipinski definition) is 5. The normalized spacial score (nSPS) is 20.1. The van der Waals surface area contributed by atoms with Crippen LogP contribution >= 0.6 is 0 Å². The number of hydrogen-bond donors (Lipinski definition) is 2. The van der Waals surface area contributed by atoms with Gasteiger partial charge >= 0.3 is 0 Å². The molecule has 1 aliphatic heterocycles. The van der Waals surface area contributed by atoms with Crippen LogP contribution in [0.2, 0.25) is 0 Å². The van der Waals surface area contributed by atoms with Crippen molar-refractivity contribution in [2.75, 3.05) is 23.8 Å². The Morgan fingerprint density at radius 2 is 2.15 bits per heavy atom. The molecule has 0 amide bonds. The Hall–Kier alpha value is -1.88. The molecule has 1 aromatic heterocycles. The molecule has 0 aliphatic carbocycles. The molecule has 3 rings (SSSR count). The maximum Gasteiger partial charge on any atom is 0.140 e. The lowest BCUT2D eigenvalue weighted by atomic mass is 10.1. The van der Waals surface area contributed by atoms with E-state index < -0.39 is 0 Å². The maximum atomic E-state index is 9.66. The van der Waals surface area contributed by atoms with Gasteiger partial charge in [0.2, 0.25) is 0 Å². The van der Waals surface area contributed by atoms with Crippen LogP contribution in [0, 0.1) is 0 Å². The third-order valence-electron chi connectivity index (χ3n) is 4.00. The predicted octanol–water partition coefficient (Wildman–Crippen LogP) is 1.95. The van der Waals surface area contributed by atoms with Crippen LogP contribution in [0.15, 0.2) is 24.5 Å². The van der Waals surface area contributed by atoms with Crippen LogP contribution in [0.25, 0.3) is 10.9 Å². The molecule has 3 N–H and O–H groups in total. The summed E-state index contributed by atoms with van der Waals surface area (Å²) in [6.45, 7) is 1.10. The fraction of sp³-hybridized carbons (Fsp3) is 0.467. The van der Waals surface area contributed by atoms with Gasteiger partial charge in [0.05, 0.1) is 18.2 Å². The summed E-state index contributed by atoms with van der Waals surface area (Å²) in [6, 6.07) is 5.86. The number of rotatable bonds is 2. The van der Waals surface area contributed by atoms with Gasteiger partial charge in [0.1, 0.15) is 12.1 Å². The highest BCUT2D eigenvalue weighted by atomic mass is 16.3. The Kier molecular flexibility index (Phi) is 3.69. The second-order valence-corrected chi connectivity index (χ2v) is 5.35. The van der Waals surface area contributed by atoms with Crippen molar-refractivity contribution in [3.63, 3.8) is 0 Å². The Morgan fingerprint density at radius 1 is 1.25 bits per heavy atom. The number of nitrogen functional groups attached to an aromatic ring is 1. The molecule has 5 nitrogen and oxygen atoms in total. The average Bonchev–Trinajstić information content (AvgIpc) is 2.71. The molecule has 1 aliphatic rings. The minimum absolute atomic E-state index is 0.146. The molecule has 0 saturated carbocycles. The van der Waals surface area contributed by atoms with Gasteiger partial charge in [-0.25, -0.2) is 9.97 Å². The molecular weight excluding hydrogens is 252 g/mol. The Morgan fingerprint density at radius 3 is 3.00 bits per heavy atom. The lowest BCUT2D eigenvalue weighted by molar-refractivity contribution is 0.254. The quantitative estimate of drug-likeness (QED) is 0.817. The van der Waals surface area contributed by atoms with Crippen molar-refractivity contribution >= 4 is 22.4 Å². The van der Waals surface area contributed by atoms with E-state index >= 15 is 0 Å². The number of aliphatic hydroxyl groups excluding tert-OH is 1. The van der Waals surface area contributed by atoms with Crippen molar-refractivity contribution < 1.29 is 5.11 Å². The first-order chi connectivity index (χ1) is 9.79. The first-order valence-electron chi connectivity index (χ1n) is 7.17. The molecule has 1 atom stereocenters. The summed E-state index contributed by atoms with van der Waals surface area (Å²) in [5, 5.41) is 10.7. The SMILES string of the molecule is Nc1ccc2c(N3CCCCCC3CO)ncnc2c1. The zero-order valence-corrected chi connectivity index (χ0v) is 11.5. The van der Waals surface area contributed by atoms with E-state index in [0.717, 1.165) is 42.5 Å². The van der Waals surface area contributed by atoms with Crippen LogP contribution in [0.1, 0.15) is 25.7 Å². The summed E-state index contributed by atoms with van der Waals surface area (Å²) in [6.07, 6.45) is 6.10. The number of aromatic nitrogens is 2. The number of aliphatic hydroxyl groups is 1. The molecule has 1 unspecified atom stereocenters. The molecule has 0 spiro atoms. The molecule has 5 heteroatoms. The minimum atomic E-state index is 0.146. The van der Waals surface area contributed by atoms with Crippen LogP contribution in [-0.4, -0.2) is 34.3 Å². The van der Waals surface area contributed by atoms with Gasteiger partial charge in [-0.3, -0.25) is 0 Å². The summed E-state index contributed by atoms with van der Waals surface area (Å²) in [5.74, 6) is 0.913. The third-order valence-corrected chi connectivity index (χ3v) is 4.00. The maximum absolute atomic E-state index is 9.66. The Bertz CT molecular complexity index is 601. The molecule has 106 valence electrons. The van der Waals surface area contributed by atoms with Crippen LogP contribution in [-0.2, 0) is 0 Å². The van der Waals surface area contributed by atoms with E-state index in [1.54, 1.807) is 6.33 Å². The van der Waals surface area contributed by atoms with Crippen LogP contribution in [0.4, 0.5) is 11.5 Å². The summed E-state index contributed by atoms with van der Waals surface area (Å²) >= 11 is 0. The van der Waals surface area contributed by atoms with Gasteiger partial charge in [-0.1, -0.05) is 12.8 Å². The number of nitrogens with zero attached hydrogens (tertiary/aromatic N) is 3. The number of fused-ring (bicyclic) bond motifs is 1. The van der Waals surface area contributed by atoms with E-state index in [1.807, 2.05) is 18.2 Å². The molecule has 0 radical (unpaired) electrons. The van der Waals surface area contributed by atoms with Gasteiger partial charge in [0.25, 0.3) is 0 Å². The number of benzene rings is 1. The molecular formula is C15H20N4O. The van der Waals surface area contributed by atoms with Crippen LogP contribution in [0.5, 0.6) is 0 Å². The zero-order valence-electron chi connectivity index (χ0n) is 11.5. The molecule has 1 aromatic carbocycles. The van der Waals surface area contributed by atoms with E-state index in [2.05, 4.69) is 14.9 Å². The van der Waals surface area contributed by atoms with Crippen molar-refractivity contribution in [2.24, 2.45) is 0 Å². The van der Waals surface area contributed by atoms with E-state index in [9.17, 15) is 5.11 Å². The van der Waals surface area contributed by atoms with Gasteiger partial charge in [0.15, 0.2) is 0 Å². The smallest absolute Gasteiger partial charge is 0.140 e. The molecule has 2 heterocycles. The second-order valence-electron chi connectivity index (χ2n) is 5.35. The minimum Gasteiger partial charge on any atom is -0.399 e. The second kappa shape index (κ2) is 5.63. The standard InChI is InChI=1S/C15H20N4O/c16-11-5-6-13-14(8-11)17-10-18-15(13)19-7-3-1-2-4-12(19)9-20/h5-6,8,10,12,20H,1-4,7,9,16H2. The topological polar surface area (TPSA) is 75.3 Å². The van der Waals surface area contributed by atoms with E-state index in [0.29, 0.717) is 5.69 Å². The predicted molar refractivity (Wildman–Crippen MR) is 80.6 cm³/mol. The fourth-order valence-corrected chi connectivity index (χ4v) is 2.93. The van der Waals surface area contributed by atoms with Gasteiger partial charge < -0.3 is 15.7 Å². The first kappa shape index (κ1) is 13.1. The van der Waals surface area contributed by atoms with E-state index in [4.69, 9.17) is 5.73 Å². The van der Waals surface area contributed by atoms with Crippen LogP contribution in [0.3, 0.4) is 0 Å². The highest BCUT2D eigenvalue weighted by Gasteiger charge is 2.23. The van der Waals surface area contributed by atoms with E-state index in [1.165, 1.54) is 6.42 Å². The molecule has 1 fully saturated rings. The van der Waals surface area contributed by atoms with E-state index in [-0.39, 0.29) is 12.6 Å². The highest BCUT2D eigenvalue weighted by molar-refractivity contribution is 5.91. The van der Waals surface area contributed by atoms with Crippen molar-refractivity contribution in [3.05, 3.63) is 24.5 Å². The fourth-order valence-electron chi connectivity index (χ4n) is 2.93. The number of anilines is 2. The first-order valence-corrected chi connectivity index (χ1v) is 7.17. The summed E-state index contributed by atoms with van der Waals surface area (Å²) in [5.41, 5.74) is 7.38. The average molecular weight is 272 g/mol. The molecule has 20 heavy (non-hydrogen) atoms. The van der Waals surface area contributed by atoms with Gasteiger partial charge in [-0.05, 0) is 31.0 Å². The lowest BCUT2D eigenvalue weighted by Crippen LogP contribution is -2.38. The van der Waals surface area contributed by atoms with Gasteiger partial charge in [-0.2, -0.15) is 0 Å². The highest BCUT2D eigenvalue weighted by Crippen LogP contribution is 2.29. The summed E-state index contributed by atoms with van der Waals surface area (Å²) < 4.78 is 0. The molecule has 1 saturated heterocycles. The molecule has 0 bridgehead atoms. The Balaban J connectivity index is 2.07. The van der Waals surface area contributed by atoms with Gasteiger partial charge in [-0.15, -0.1) is 0 Å². The van der Waals surface area contributed by atoms with Crippen LogP contribution < -0.4 is 10.6 Å². The van der Waals surface area contributed by atoms with Gasteiger partial charge in [0, 0.05) is 17.6 Å². The summed E-state index contributed by atoms with van der Waals surface area (Å²) in [7, 11) is 0. The molecule has 2 aromatic rings. The largest absolute Gasteiger partial charge is 0.399 e. The van der Waals surface area contributed by atoms with Crippen molar-refractivity contribution in [2.45, 2.75) is 31.7 Å². The van der Waals surface area contributed by atoms with Crippen molar-refractivity contribution in [1.82, 2.24) is 9.97 Å². The summed E-state index contributed by atoms with van der Waals surface area (Å²) in [4.78, 5) is 11.0. The third kappa shape index (κ3) is 2.41. The Labute approximate surface area is 118 Å².